The average Bonchev–Trinajstić information content (AvgIpc) is 2.94. The highest BCUT2D eigenvalue weighted by atomic mass is 16.4. The van der Waals surface area contributed by atoms with Gasteiger partial charge in [-0.2, -0.15) is 0 Å². The number of likely N-dealkylation sites (tertiary alicyclic amines) is 1. The minimum atomic E-state index is -0.915. The second-order valence-electron chi connectivity index (χ2n) is 5.01. The molecule has 0 aromatic heterocycles. The van der Waals surface area contributed by atoms with Crippen LogP contribution in [0.3, 0.4) is 0 Å². The van der Waals surface area contributed by atoms with Crippen LogP contribution in [-0.4, -0.2) is 41.1 Å². The summed E-state index contributed by atoms with van der Waals surface area (Å²) in [6, 6.07) is 9.16. The molecule has 1 unspecified atom stereocenters. The number of nitrogens with one attached hydrogen (secondary N) is 1. The van der Waals surface area contributed by atoms with Gasteiger partial charge in [0.1, 0.15) is 6.04 Å². The number of hydrogen-bond donors (Lipinski definition) is 2. The van der Waals surface area contributed by atoms with E-state index in [1.807, 2.05) is 18.2 Å². The Bertz CT molecular complexity index is 461. The van der Waals surface area contributed by atoms with Gasteiger partial charge in [-0.3, -0.25) is 0 Å². The lowest BCUT2D eigenvalue weighted by Gasteiger charge is -2.21. The van der Waals surface area contributed by atoms with E-state index in [-0.39, 0.29) is 6.03 Å². The maximum atomic E-state index is 11.9. The Labute approximate surface area is 118 Å². The molecule has 1 fully saturated rings. The van der Waals surface area contributed by atoms with E-state index in [1.54, 1.807) is 0 Å². The lowest BCUT2D eigenvalue weighted by Crippen LogP contribution is -2.46. The first-order valence-corrected chi connectivity index (χ1v) is 6.99. The van der Waals surface area contributed by atoms with Crippen molar-refractivity contribution in [3.05, 3.63) is 35.9 Å². The Morgan fingerprint density at radius 1 is 1.30 bits per heavy atom. The number of amides is 2. The van der Waals surface area contributed by atoms with Gasteiger partial charge in [-0.15, -0.1) is 0 Å². The molecular formula is C15H20N2O3. The molecule has 1 saturated heterocycles. The molecule has 1 aromatic carbocycles. The number of rotatable bonds is 5. The monoisotopic (exact) mass is 276 g/mol. The molecule has 0 saturated carbocycles. The topological polar surface area (TPSA) is 69.6 Å². The minimum absolute atomic E-state index is 0.261. The Hall–Kier alpha value is -2.04. The lowest BCUT2D eigenvalue weighted by molar-refractivity contribution is -0.141. The predicted octanol–water partition coefficient (Wildman–Crippen LogP) is 1.88. The van der Waals surface area contributed by atoms with Crippen LogP contribution in [0.25, 0.3) is 0 Å². The molecule has 5 heteroatoms. The summed E-state index contributed by atoms with van der Waals surface area (Å²) in [5.74, 6) is -0.915. The van der Waals surface area contributed by atoms with Gasteiger partial charge in [0.2, 0.25) is 0 Å². The molecule has 0 radical (unpaired) electrons. The molecule has 1 aliphatic rings. The summed E-state index contributed by atoms with van der Waals surface area (Å²) >= 11 is 0. The number of carbonyl (C=O) groups excluding carboxylic acids is 1. The van der Waals surface area contributed by atoms with Crippen LogP contribution in [0, 0.1) is 0 Å². The molecule has 0 bridgehead atoms. The maximum Gasteiger partial charge on any atom is 0.326 e. The highest BCUT2D eigenvalue weighted by molar-refractivity contribution is 5.83. The summed E-state index contributed by atoms with van der Waals surface area (Å²) in [7, 11) is 0. The van der Waals surface area contributed by atoms with Crippen molar-refractivity contribution in [3.63, 3.8) is 0 Å². The largest absolute Gasteiger partial charge is 0.480 e. The van der Waals surface area contributed by atoms with Gasteiger partial charge in [-0.1, -0.05) is 30.3 Å². The quantitative estimate of drug-likeness (QED) is 0.807. The van der Waals surface area contributed by atoms with Crippen LogP contribution in [0.1, 0.15) is 24.8 Å². The molecule has 2 N–H and O–H groups in total. The van der Waals surface area contributed by atoms with E-state index < -0.39 is 12.0 Å². The Morgan fingerprint density at radius 3 is 2.75 bits per heavy atom. The van der Waals surface area contributed by atoms with Crippen LogP contribution in [0.5, 0.6) is 0 Å². The van der Waals surface area contributed by atoms with Crippen LogP contribution in [0.2, 0.25) is 0 Å². The molecule has 5 nitrogen and oxygen atoms in total. The van der Waals surface area contributed by atoms with Gasteiger partial charge in [0.05, 0.1) is 0 Å². The maximum absolute atomic E-state index is 11.9. The van der Waals surface area contributed by atoms with Crippen LogP contribution in [0.4, 0.5) is 4.79 Å². The second-order valence-corrected chi connectivity index (χ2v) is 5.01. The number of nitrogens with zero attached hydrogens (tertiary/aromatic N) is 1. The summed E-state index contributed by atoms with van der Waals surface area (Å²) in [5, 5.41) is 11.8. The third-order valence-electron chi connectivity index (χ3n) is 3.56. The number of carbonyl (C=O) groups is 2. The molecule has 108 valence electrons. The zero-order valence-corrected chi connectivity index (χ0v) is 11.4. The molecule has 0 spiro atoms. The summed E-state index contributed by atoms with van der Waals surface area (Å²) in [5.41, 5.74) is 1.24. The fourth-order valence-corrected chi connectivity index (χ4v) is 2.50. The predicted molar refractivity (Wildman–Crippen MR) is 75.5 cm³/mol. The fourth-order valence-electron chi connectivity index (χ4n) is 2.50. The number of urea groups is 1. The molecule has 2 amide bonds. The minimum Gasteiger partial charge on any atom is -0.480 e. The third-order valence-corrected chi connectivity index (χ3v) is 3.56. The standard InChI is InChI=1S/C15H20N2O3/c18-14(19)13-9-5-11-17(13)15(20)16-10-4-8-12-6-2-1-3-7-12/h1-3,6-7,13H,4-5,8-11H2,(H,16,20)(H,18,19). The first-order chi connectivity index (χ1) is 9.68. The second kappa shape index (κ2) is 6.93. The van der Waals surface area contributed by atoms with Crippen molar-refractivity contribution < 1.29 is 14.7 Å². The van der Waals surface area contributed by atoms with Gasteiger partial charge >= 0.3 is 12.0 Å². The van der Waals surface area contributed by atoms with Crippen molar-refractivity contribution in [2.45, 2.75) is 31.7 Å². The summed E-state index contributed by atoms with van der Waals surface area (Å²) in [4.78, 5) is 24.4. The highest BCUT2D eigenvalue weighted by Crippen LogP contribution is 2.17. The van der Waals surface area contributed by atoms with E-state index in [9.17, 15) is 9.59 Å². The smallest absolute Gasteiger partial charge is 0.326 e. The molecule has 1 aromatic rings. The van der Waals surface area contributed by atoms with Gasteiger partial charge < -0.3 is 15.3 Å². The normalized spacial score (nSPS) is 18.0. The number of carboxylic acids is 1. The zero-order chi connectivity index (χ0) is 14.4. The average molecular weight is 276 g/mol. The van der Waals surface area contributed by atoms with E-state index in [1.165, 1.54) is 10.5 Å². The van der Waals surface area contributed by atoms with Gasteiger partial charge in [-0.05, 0) is 31.2 Å². The molecule has 0 aliphatic carbocycles. The van der Waals surface area contributed by atoms with Gasteiger partial charge in [0.25, 0.3) is 0 Å². The Kier molecular flexibility index (Phi) is 4.98. The molecule has 1 aliphatic heterocycles. The van der Waals surface area contributed by atoms with Crippen molar-refractivity contribution in [1.29, 1.82) is 0 Å². The van der Waals surface area contributed by atoms with Crippen LogP contribution >= 0.6 is 0 Å². The number of aryl methyl sites for hydroxylation is 1. The van der Waals surface area contributed by atoms with Gasteiger partial charge in [-0.25, -0.2) is 9.59 Å². The molecule has 1 heterocycles. The zero-order valence-electron chi connectivity index (χ0n) is 11.4. The molecule has 2 rings (SSSR count). The van der Waals surface area contributed by atoms with Gasteiger partial charge in [0, 0.05) is 13.1 Å². The number of hydrogen-bond acceptors (Lipinski definition) is 2. The number of carboxylic acid groups (broad SMARTS) is 1. The summed E-state index contributed by atoms with van der Waals surface area (Å²) < 4.78 is 0. The van der Waals surface area contributed by atoms with E-state index >= 15 is 0 Å². The van der Waals surface area contributed by atoms with E-state index in [2.05, 4.69) is 17.4 Å². The van der Waals surface area contributed by atoms with Crippen molar-refractivity contribution >= 4 is 12.0 Å². The van der Waals surface area contributed by atoms with Gasteiger partial charge in [0.15, 0.2) is 0 Å². The number of benzene rings is 1. The third kappa shape index (κ3) is 3.73. The Balaban J connectivity index is 1.71. The Morgan fingerprint density at radius 2 is 2.05 bits per heavy atom. The number of aliphatic carboxylic acids is 1. The highest BCUT2D eigenvalue weighted by Gasteiger charge is 2.33. The van der Waals surface area contributed by atoms with E-state index in [0.29, 0.717) is 19.5 Å². The summed E-state index contributed by atoms with van der Waals surface area (Å²) in [6.07, 6.45) is 3.06. The molecule has 20 heavy (non-hydrogen) atoms. The lowest BCUT2D eigenvalue weighted by atomic mass is 10.1. The van der Waals surface area contributed by atoms with Crippen molar-refractivity contribution in [3.8, 4) is 0 Å². The van der Waals surface area contributed by atoms with Crippen LogP contribution < -0.4 is 5.32 Å². The van der Waals surface area contributed by atoms with Crippen LogP contribution in [0.15, 0.2) is 30.3 Å². The van der Waals surface area contributed by atoms with E-state index in [4.69, 9.17) is 5.11 Å². The SMILES string of the molecule is O=C(O)C1CCCN1C(=O)NCCCc1ccccc1. The van der Waals surface area contributed by atoms with E-state index in [0.717, 1.165) is 19.3 Å². The first kappa shape index (κ1) is 14.4. The molecular weight excluding hydrogens is 256 g/mol. The summed E-state index contributed by atoms with van der Waals surface area (Å²) in [6.45, 7) is 1.10. The van der Waals surface area contributed by atoms with Crippen LogP contribution in [-0.2, 0) is 11.2 Å². The fraction of sp³-hybridized carbons (Fsp3) is 0.467. The first-order valence-electron chi connectivity index (χ1n) is 6.99. The molecule has 1 atom stereocenters. The van der Waals surface area contributed by atoms with Crippen molar-refractivity contribution in [2.75, 3.05) is 13.1 Å². The van der Waals surface area contributed by atoms with Crippen molar-refractivity contribution in [2.24, 2.45) is 0 Å². The van der Waals surface area contributed by atoms with Crippen molar-refractivity contribution in [1.82, 2.24) is 10.2 Å².